The van der Waals surface area contributed by atoms with Gasteiger partial charge in [0, 0.05) is 55.3 Å². The van der Waals surface area contributed by atoms with Crippen LogP contribution < -0.4 is 14.2 Å². The van der Waals surface area contributed by atoms with E-state index in [1.165, 1.54) is 6.20 Å². The number of nitriles is 1. The molecule has 3 aromatic carbocycles. The lowest BCUT2D eigenvalue weighted by atomic mass is 9.93. The van der Waals surface area contributed by atoms with E-state index in [1.807, 2.05) is 43.1 Å². The lowest BCUT2D eigenvalue weighted by molar-refractivity contribution is 0.0672. The SMILES string of the molecule is Cc1c(COc2cc(OCc3cncc(C#N)c3)c(C(C)N(C)C(CO)CO)cc2Cl)cccc1-c1cccc(OCCCN2CC[C@@H](O)C2)c1C. The number of aromatic nitrogens is 1. The predicted octanol–water partition coefficient (Wildman–Crippen LogP) is 6.23. The second-order valence-electron chi connectivity index (χ2n) is 13.4. The lowest BCUT2D eigenvalue weighted by Gasteiger charge is -2.32. The first-order chi connectivity index (χ1) is 25.1. The lowest BCUT2D eigenvalue weighted by Crippen LogP contribution is -2.39. The zero-order valence-corrected chi connectivity index (χ0v) is 31.1. The molecule has 0 spiro atoms. The number of β-amino-alcohol motifs (C(OH)–C–C–N with tert-alkyl or cyclic N) is 1. The first kappa shape index (κ1) is 39.0. The number of hydrogen-bond acceptors (Lipinski definition) is 10. The molecule has 1 aliphatic heterocycles. The van der Waals surface area contributed by atoms with Crippen LogP contribution in [-0.2, 0) is 13.2 Å². The maximum atomic E-state index is 9.84. The normalized spacial score (nSPS) is 15.2. The third kappa shape index (κ3) is 9.61. The van der Waals surface area contributed by atoms with E-state index in [0.29, 0.717) is 28.7 Å². The van der Waals surface area contributed by atoms with E-state index in [4.69, 9.17) is 25.8 Å². The molecule has 1 unspecified atom stereocenters. The molecule has 1 fully saturated rings. The van der Waals surface area contributed by atoms with Gasteiger partial charge in [-0.05, 0) is 86.7 Å². The maximum Gasteiger partial charge on any atom is 0.142 e. The fraction of sp³-hybridized carbons (Fsp3) is 0.415. The van der Waals surface area contributed by atoms with Gasteiger partial charge in [0.25, 0.3) is 0 Å². The fourth-order valence-electron chi connectivity index (χ4n) is 6.59. The number of benzene rings is 3. The van der Waals surface area contributed by atoms with E-state index in [9.17, 15) is 20.6 Å². The number of ether oxygens (including phenoxy) is 3. The summed E-state index contributed by atoms with van der Waals surface area (Å²) < 4.78 is 18.9. The molecule has 1 aromatic heterocycles. The van der Waals surface area contributed by atoms with E-state index in [-0.39, 0.29) is 38.6 Å². The van der Waals surface area contributed by atoms with Crippen molar-refractivity contribution in [1.29, 1.82) is 5.26 Å². The monoisotopic (exact) mass is 728 g/mol. The van der Waals surface area contributed by atoms with Gasteiger partial charge in [-0.3, -0.25) is 9.88 Å². The van der Waals surface area contributed by atoms with Crippen molar-refractivity contribution in [3.8, 4) is 34.4 Å². The first-order valence-corrected chi connectivity index (χ1v) is 18.1. The van der Waals surface area contributed by atoms with Gasteiger partial charge in [-0.1, -0.05) is 41.9 Å². The van der Waals surface area contributed by atoms with Gasteiger partial charge in [0.15, 0.2) is 0 Å². The molecule has 3 N–H and O–H groups in total. The van der Waals surface area contributed by atoms with Crippen LogP contribution in [0.4, 0.5) is 0 Å². The van der Waals surface area contributed by atoms with Crippen LogP contribution in [0, 0.1) is 25.2 Å². The molecular weight excluding hydrogens is 680 g/mol. The summed E-state index contributed by atoms with van der Waals surface area (Å²) in [5, 5.41) is 39.2. The van der Waals surface area contributed by atoms with Crippen molar-refractivity contribution in [2.45, 2.75) is 65.0 Å². The van der Waals surface area contributed by atoms with E-state index in [0.717, 1.165) is 77.2 Å². The summed E-state index contributed by atoms with van der Waals surface area (Å²) in [6, 6.07) is 19.0. The molecule has 1 aliphatic rings. The minimum atomic E-state index is -0.476. The predicted molar refractivity (Wildman–Crippen MR) is 202 cm³/mol. The van der Waals surface area contributed by atoms with E-state index < -0.39 is 6.04 Å². The summed E-state index contributed by atoms with van der Waals surface area (Å²) in [5.74, 6) is 1.82. The van der Waals surface area contributed by atoms with Crippen molar-refractivity contribution in [3.05, 3.63) is 105 Å². The van der Waals surface area contributed by atoms with Gasteiger partial charge in [-0.25, -0.2) is 0 Å². The highest BCUT2D eigenvalue weighted by Gasteiger charge is 2.25. The number of nitrogens with zero attached hydrogens (tertiary/aromatic N) is 4. The van der Waals surface area contributed by atoms with Crippen LogP contribution in [0.25, 0.3) is 11.1 Å². The Morgan fingerprint density at radius 2 is 1.69 bits per heavy atom. The fourth-order valence-corrected chi connectivity index (χ4v) is 6.81. The molecule has 1 saturated heterocycles. The van der Waals surface area contributed by atoms with Gasteiger partial charge in [-0.2, -0.15) is 5.26 Å². The zero-order valence-electron chi connectivity index (χ0n) is 30.4. The van der Waals surface area contributed by atoms with Gasteiger partial charge in [0.05, 0.1) is 42.6 Å². The molecule has 2 heterocycles. The number of pyridine rings is 1. The topological polar surface area (TPSA) is 132 Å². The molecule has 276 valence electrons. The Bertz CT molecular complexity index is 1840. The summed E-state index contributed by atoms with van der Waals surface area (Å²) in [6.45, 7) is 9.31. The van der Waals surface area contributed by atoms with Crippen LogP contribution in [-0.4, -0.2) is 88.8 Å². The summed E-state index contributed by atoms with van der Waals surface area (Å²) in [5.41, 5.74) is 7.25. The van der Waals surface area contributed by atoms with Gasteiger partial charge in [0.2, 0.25) is 0 Å². The smallest absolute Gasteiger partial charge is 0.142 e. The van der Waals surface area contributed by atoms with Crippen molar-refractivity contribution in [2.24, 2.45) is 0 Å². The summed E-state index contributed by atoms with van der Waals surface area (Å²) in [4.78, 5) is 8.30. The highest BCUT2D eigenvalue weighted by atomic mass is 35.5. The van der Waals surface area contributed by atoms with Crippen LogP contribution >= 0.6 is 11.6 Å². The van der Waals surface area contributed by atoms with E-state index in [2.05, 4.69) is 41.9 Å². The minimum Gasteiger partial charge on any atom is -0.493 e. The van der Waals surface area contributed by atoms with Crippen molar-refractivity contribution in [3.63, 3.8) is 0 Å². The van der Waals surface area contributed by atoms with Gasteiger partial charge < -0.3 is 34.4 Å². The molecule has 0 bridgehead atoms. The molecule has 0 aliphatic carbocycles. The average Bonchev–Trinajstić information content (AvgIpc) is 3.58. The Kier molecular flexibility index (Phi) is 13.9. The Morgan fingerprint density at radius 3 is 2.40 bits per heavy atom. The number of likely N-dealkylation sites (N-methyl/N-ethyl adjacent to an activating group) is 1. The standard InChI is InChI=1S/C41H49ClN4O6/c1-27-32(8-5-9-35(27)36-10-6-11-39(28(36)2)50-15-7-13-46-14-12-34(49)22-46)26-52-41-18-40(51-25-31-16-30(19-43)20-44-21-31)37(17-38(41)42)29(3)45(4)33(23-47)24-48/h5-6,8-11,16-18,20-21,29,33-34,47-49H,7,12-15,22-26H2,1-4H3/t29?,34-/m1/s1. The zero-order chi connectivity index (χ0) is 37.2. The second-order valence-corrected chi connectivity index (χ2v) is 13.8. The van der Waals surface area contributed by atoms with Crippen molar-refractivity contribution >= 4 is 11.6 Å². The maximum absolute atomic E-state index is 9.84. The summed E-state index contributed by atoms with van der Waals surface area (Å²) >= 11 is 6.85. The van der Waals surface area contributed by atoms with Crippen molar-refractivity contribution < 1.29 is 29.5 Å². The number of hydrogen-bond donors (Lipinski definition) is 3. The van der Waals surface area contributed by atoms with Gasteiger partial charge >= 0.3 is 0 Å². The Labute approximate surface area is 311 Å². The number of aliphatic hydroxyl groups excluding tert-OH is 3. The molecule has 11 heteroatoms. The molecule has 5 rings (SSSR count). The largest absolute Gasteiger partial charge is 0.493 e. The Balaban J connectivity index is 1.34. The summed E-state index contributed by atoms with van der Waals surface area (Å²) in [6.07, 6.45) is 4.67. The Morgan fingerprint density at radius 1 is 0.962 bits per heavy atom. The molecule has 2 atom stereocenters. The van der Waals surface area contributed by atoms with E-state index >= 15 is 0 Å². The van der Waals surface area contributed by atoms with Crippen LogP contribution in [0.15, 0.2) is 67.0 Å². The average molecular weight is 729 g/mol. The van der Waals surface area contributed by atoms with E-state index in [1.54, 1.807) is 24.4 Å². The van der Waals surface area contributed by atoms with Gasteiger partial charge in [0.1, 0.15) is 36.5 Å². The second kappa shape index (κ2) is 18.5. The number of likely N-dealkylation sites (tertiary alicyclic amines) is 1. The number of halogens is 1. The third-order valence-electron chi connectivity index (χ3n) is 9.97. The van der Waals surface area contributed by atoms with Crippen LogP contribution in [0.1, 0.15) is 59.2 Å². The molecule has 0 saturated carbocycles. The van der Waals surface area contributed by atoms with Crippen molar-refractivity contribution in [2.75, 3.05) is 46.5 Å². The molecule has 4 aromatic rings. The highest BCUT2D eigenvalue weighted by molar-refractivity contribution is 6.32. The minimum absolute atomic E-state index is 0.155. The molecular formula is C41H49ClN4O6. The molecule has 0 radical (unpaired) electrons. The Hall–Kier alpha value is -4.21. The molecule has 0 amide bonds. The quantitative estimate of drug-likeness (QED) is 0.108. The summed E-state index contributed by atoms with van der Waals surface area (Å²) in [7, 11) is 1.83. The highest BCUT2D eigenvalue weighted by Crippen LogP contribution is 2.39. The molecule has 10 nitrogen and oxygen atoms in total. The van der Waals surface area contributed by atoms with Crippen LogP contribution in [0.5, 0.6) is 17.2 Å². The first-order valence-electron chi connectivity index (χ1n) is 17.7. The van der Waals surface area contributed by atoms with Crippen LogP contribution in [0.3, 0.4) is 0 Å². The van der Waals surface area contributed by atoms with Gasteiger partial charge in [-0.15, -0.1) is 0 Å². The number of aliphatic hydroxyl groups is 3. The molecule has 52 heavy (non-hydrogen) atoms. The third-order valence-corrected chi connectivity index (χ3v) is 10.3. The number of rotatable bonds is 17. The van der Waals surface area contributed by atoms with Crippen LogP contribution in [0.2, 0.25) is 5.02 Å². The van der Waals surface area contributed by atoms with Crippen molar-refractivity contribution in [1.82, 2.24) is 14.8 Å².